The van der Waals surface area contributed by atoms with Crippen molar-refractivity contribution in [1.29, 1.82) is 0 Å². The molecule has 0 aliphatic carbocycles. The number of likely N-dealkylation sites (tertiary alicyclic amines) is 1. The molecule has 0 radical (unpaired) electrons. The van der Waals surface area contributed by atoms with Crippen molar-refractivity contribution in [2.24, 2.45) is 5.92 Å². The molecule has 1 heterocycles. The Morgan fingerprint density at radius 1 is 1.30 bits per heavy atom. The summed E-state index contributed by atoms with van der Waals surface area (Å²) in [4.78, 5) is 26.5. The lowest BCUT2D eigenvalue weighted by Gasteiger charge is -2.37. The van der Waals surface area contributed by atoms with Crippen molar-refractivity contribution in [2.75, 3.05) is 30.8 Å². The van der Waals surface area contributed by atoms with E-state index in [2.05, 4.69) is 0 Å². The number of anilines is 1. The van der Waals surface area contributed by atoms with Crippen LogP contribution in [-0.4, -0.2) is 57.7 Å². The van der Waals surface area contributed by atoms with Crippen molar-refractivity contribution >= 4 is 27.6 Å². The van der Waals surface area contributed by atoms with Gasteiger partial charge in [-0.2, -0.15) is 0 Å². The molecule has 1 saturated heterocycles. The topological polar surface area (TPSA) is 84.0 Å². The van der Waals surface area contributed by atoms with E-state index in [1.807, 2.05) is 13.0 Å². The Bertz CT molecular complexity index is 785. The Hall–Kier alpha value is -2.09. The third-order valence-corrected chi connectivity index (χ3v) is 6.09. The van der Waals surface area contributed by atoms with Gasteiger partial charge in [0.1, 0.15) is 6.04 Å². The molecule has 150 valence electrons. The van der Waals surface area contributed by atoms with Gasteiger partial charge < -0.3 is 9.64 Å². The first-order chi connectivity index (χ1) is 12.7. The first-order valence-electron chi connectivity index (χ1n) is 9.11. The average molecular weight is 397 g/mol. The standard InChI is InChI=1S/C19H28N2O5S/c1-5-17(18(22)20-11-9-15(10-12-20)19(23)26-3)21(27(4,24)25)16-8-6-7-14(2)13-16/h6-8,13,15,17H,5,9-12H2,1-4H3/t17-/m1/s1. The Labute approximate surface area is 161 Å². The normalized spacial score (nSPS) is 16.7. The van der Waals surface area contributed by atoms with Gasteiger partial charge in [-0.3, -0.25) is 13.9 Å². The van der Waals surface area contributed by atoms with E-state index in [1.165, 1.54) is 11.4 Å². The van der Waals surface area contributed by atoms with Crippen LogP contribution in [0.2, 0.25) is 0 Å². The summed E-state index contributed by atoms with van der Waals surface area (Å²) in [5, 5.41) is 0. The maximum absolute atomic E-state index is 13.1. The predicted octanol–water partition coefficient (Wildman–Crippen LogP) is 1.95. The van der Waals surface area contributed by atoms with Gasteiger partial charge in [-0.25, -0.2) is 8.42 Å². The van der Waals surface area contributed by atoms with Crippen molar-refractivity contribution in [2.45, 2.75) is 39.2 Å². The highest BCUT2D eigenvalue weighted by Crippen LogP contribution is 2.26. The quantitative estimate of drug-likeness (QED) is 0.686. The number of rotatable bonds is 6. The molecule has 1 fully saturated rings. The molecule has 0 N–H and O–H groups in total. The molecule has 0 bridgehead atoms. The number of benzene rings is 1. The van der Waals surface area contributed by atoms with Gasteiger partial charge in [0, 0.05) is 13.1 Å². The monoisotopic (exact) mass is 396 g/mol. The van der Waals surface area contributed by atoms with E-state index in [4.69, 9.17) is 4.74 Å². The van der Waals surface area contributed by atoms with E-state index in [1.54, 1.807) is 30.0 Å². The number of carbonyl (C=O) groups is 2. The zero-order valence-corrected chi connectivity index (χ0v) is 17.2. The van der Waals surface area contributed by atoms with Gasteiger partial charge >= 0.3 is 5.97 Å². The van der Waals surface area contributed by atoms with Gasteiger partial charge in [0.25, 0.3) is 0 Å². The molecule has 0 spiro atoms. The Kier molecular flexibility index (Phi) is 6.86. The van der Waals surface area contributed by atoms with E-state index < -0.39 is 16.1 Å². The van der Waals surface area contributed by atoms with Crippen LogP contribution in [-0.2, 0) is 24.3 Å². The van der Waals surface area contributed by atoms with Gasteiger partial charge in [0.15, 0.2) is 0 Å². The van der Waals surface area contributed by atoms with Crippen molar-refractivity contribution < 1.29 is 22.7 Å². The number of hydrogen-bond donors (Lipinski definition) is 0. The Morgan fingerprint density at radius 3 is 2.41 bits per heavy atom. The van der Waals surface area contributed by atoms with Crippen LogP contribution in [0.15, 0.2) is 24.3 Å². The Balaban J connectivity index is 2.24. The molecule has 1 atom stereocenters. The number of hydrogen-bond acceptors (Lipinski definition) is 5. The molecular formula is C19H28N2O5S. The molecule has 1 aliphatic rings. The molecule has 1 amide bonds. The molecule has 1 aliphatic heterocycles. The van der Waals surface area contributed by atoms with Gasteiger partial charge in [-0.05, 0) is 43.9 Å². The lowest BCUT2D eigenvalue weighted by molar-refractivity contribution is -0.149. The summed E-state index contributed by atoms with van der Waals surface area (Å²) in [7, 11) is -2.29. The second-order valence-electron chi connectivity index (χ2n) is 6.94. The maximum Gasteiger partial charge on any atom is 0.308 e. The number of esters is 1. The Morgan fingerprint density at radius 2 is 1.93 bits per heavy atom. The summed E-state index contributed by atoms with van der Waals surface area (Å²) in [6, 6.07) is 6.32. The van der Waals surface area contributed by atoms with E-state index >= 15 is 0 Å². The zero-order chi connectivity index (χ0) is 20.2. The van der Waals surface area contributed by atoms with Crippen LogP contribution in [0, 0.1) is 12.8 Å². The first kappa shape index (κ1) is 21.2. The highest BCUT2D eigenvalue weighted by Gasteiger charge is 2.36. The zero-order valence-electron chi connectivity index (χ0n) is 16.3. The largest absolute Gasteiger partial charge is 0.469 e. The van der Waals surface area contributed by atoms with Gasteiger partial charge in [-0.1, -0.05) is 19.1 Å². The van der Waals surface area contributed by atoms with Crippen LogP contribution < -0.4 is 4.31 Å². The van der Waals surface area contributed by atoms with E-state index in [-0.39, 0.29) is 17.8 Å². The molecule has 7 nitrogen and oxygen atoms in total. The minimum Gasteiger partial charge on any atom is -0.469 e. The summed E-state index contributed by atoms with van der Waals surface area (Å²) in [6.07, 6.45) is 2.53. The van der Waals surface area contributed by atoms with Crippen molar-refractivity contribution in [1.82, 2.24) is 4.90 Å². The van der Waals surface area contributed by atoms with Crippen LogP contribution in [0.1, 0.15) is 31.7 Å². The summed E-state index contributed by atoms with van der Waals surface area (Å²) >= 11 is 0. The van der Waals surface area contributed by atoms with Crippen LogP contribution in [0.4, 0.5) is 5.69 Å². The number of aryl methyl sites for hydroxylation is 1. The fraction of sp³-hybridized carbons (Fsp3) is 0.579. The summed E-state index contributed by atoms with van der Waals surface area (Å²) in [5.74, 6) is -0.693. The molecule has 0 unspecified atom stereocenters. The molecule has 8 heteroatoms. The van der Waals surface area contributed by atoms with Gasteiger partial charge in [-0.15, -0.1) is 0 Å². The summed E-state index contributed by atoms with van der Waals surface area (Å²) < 4.78 is 31.0. The van der Waals surface area contributed by atoms with Crippen LogP contribution in [0.3, 0.4) is 0 Å². The van der Waals surface area contributed by atoms with Gasteiger partial charge in [0.05, 0.1) is 25.0 Å². The average Bonchev–Trinajstić information content (AvgIpc) is 2.63. The minimum absolute atomic E-state index is 0.207. The van der Waals surface area contributed by atoms with Crippen molar-refractivity contribution in [3.8, 4) is 0 Å². The lowest BCUT2D eigenvalue weighted by atomic mass is 9.96. The van der Waals surface area contributed by atoms with E-state index in [0.717, 1.165) is 11.8 Å². The lowest BCUT2D eigenvalue weighted by Crippen LogP contribution is -2.52. The maximum atomic E-state index is 13.1. The number of methoxy groups -OCH3 is 1. The fourth-order valence-electron chi connectivity index (χ4n) is 3.52. The van der Waals surface area contributed by atoms with Crippen LogP contribution >= 0.6 is 0 Å². The second kappa shape index (κ2) is 8.73. The number of ether oxygens (including phenoxy) is 1. The number of piperidine rings is 1. The minimum atomic E-state index is -3.65. The number of amides is 1. The number of carbonyl (C=O) groups excluding carboxylic acids is 2. The van der Waals surface area contributed by atoms with Crippen molar-refractivity contribution in [3.63, 3.8) is 0 Å². The third-order valence-electron chi connectivity index (χ3n) is 4.91. The van der Waals surface area contributed by atoms with Gasteiger partial charge in [0.2, 0.25) is 15.9 Å². The molecule has 0 aromatic heterocycles. The molecule has 1 aromatic carbocycles. The molecule has 27 heavy (non-hydrogen) atoms. The molecule has 2 rings (SSSR count). The third kappa shape index (κ3) is 5.00. The highest BCUT2D eigenvalue weighted by molar-refractivity contribution is 7.92. The summed E-state index contributed by atoms with van der Waals surface area (Å²) in [5.41, 5.74) is 1.41. The first-order valence-corrected chi connectivity index (χ1v) is 11.0. The highest BCUT2D eigenvalue weighted by atomic mass is 32.2. The molecule has 0 saturated carbocycles. The van der Waals surface area contributed by atoms with E-state index in [9.17, 15) is 18.0 Å². The predicted molar refractivity (Wildman–Crippen MR) is 104 cm³/mol. The molecule has 1 aromatic rings. The van der Waals surface area contributed by atoms with Crippen LogP contribution in [0.5, 0.6) is 0 Å². The summed E-state index contributed by atoms with van der Waals surface area (Å²) in [6.45, 7) is 4.52. The number of nitrogens with zero attached hydrogens (tertiary/aromatic N) is 2. The van der Waals surface area contributed by atoms with E-state index in [0.29, 0.717) is 38.0 Å². The van der Waals surface area contributed by atoms with Crippen LogP contribution in [0.25, 0.3) is 0 Å². The number of sulfonamides is 1. The second-order valence-corrected chi connectivity index (χ2v) is 8.80. The SMILES string of the molecule is CC[C@H](C(=O)N1CCC(C(=O)OC)CC1)N(c1cccc(C)c1)S(C)(=O)=O. The molecular weight excluding hydrogens is 368 g/mol. The smallest absolute Gasteiger partial charge is 0.308 e. The van der Waals surface area contributed by atoms with Crippen molar-refractivity contribution in [3.05, 3.63) is 29.8 Å². The fourth-order valence-corrected chi connectivity index (χ4v) is 4.72.